The predicted octanol–water partition coefficient (Wildman–Crippen LogP) is -5.36. The molecule has 0 unspecified atom stereocenters. The second-order valence-corrected chi connectivity index (χ2v) is 6.64. The number of rotatable bonds is 17. The Morgan fingerprint density at radius 1 is 0.750 bits per heavy atom. The molecule has 0 aliphatic heterocycles. The Labute approximate surface area is 213 Å². The van der Waals surface area contributed by atoms with E-state index in [2.05, 4.69) is 12.2 Å². The summed E-state index contributed by atoms with van der Waals surface area (Å²) in [5, 5.41) is 23.5. The first-order valence-corrected chi connectivity index (χ1v) is 9.67. The SMILES string of the molecule is CCCCCCCCCCCCCC(=O)N[C@@H](CCC(=O)[O-])C(=O)[O-].O.[Na+].[Na+]. The number of hydrogen-bond donors (Lipinski definition) is 1. The minimum atomic E-state index is -1.46. The number of aliphatic carboxylic acids is 2. The van der Waals surface area contributed by atoms with E-state index in [4.69, 9.17) is 0 Å². The van der Waals surface area contributed by atoms with Gasteiger partial charge in [-0.3, -0.25) is 4.79 Å². The van der Waals surface area contributed by atoms with E-state index in [1.165, 1.54) is 51.4 Å². The zero-order valence-electron chi connectivity index (χ0n) is 18.0. The van der Waals surface area contributed by atoms with Gasteiger partial charge >= 0.3 is 59.1 Å². The normalized spacial score (nSPS) is 10.6. The van der Waals surface area contributed by atoms with Crippen LogP contribution >= 0.6 is 0 Å². The van der Waals surface area contributed by atoms with Gasteiger partial charge in [-0.15, -0.1) is 0 Å². The van der Waals surface area contributed by atoms with Gasteiger partial charge in [0.2, 0.25) is 5.91 Å². The molecule has 0 aromatic rings. The molecular formula is C19H35NNa2O6. The van der Waals surface area contributed by atoms with Gasteiger partial charge in [0.05, 0.1) is 12.0 Å². The van der Waals surface area contributed by atoms with E-state index >= 15 is 0 Å². The molecule has 0 aromatic heterocycles. The molecule has 0 saturated carbocycles. The number of carbonyl (C=O) groups excluding carboxylic acids is 3. The second-order valence-electron chi connectivity index (χ2n) is 6.64. The summed E-state index contributed by atoms with van der Waals surface area (Å²) >= 11 is 0. The van der Waals surface area contributed by atoms with Crippen LogP contribution in [0.3, 0.4) is 0 Å². The van der Waals surface area contributed by atoms with E-state index in [0.29, 0.717) is 6.42 Å². The van der Waals surface area contributed by atoms with Gasteiger partial charge in [-0.05, 0) is 19.3 Å². The number of carbonyl (C=O) groups is 3. The van der Waals surface area contributed by atoms with Crippen LogP contribution in [0.5, 0.6) is 0 Å². The van der Waals surface area contributed by atoms with Crippen LogP contribution in [0.2, 0.25) is 0 Å². The fourth-order valence-electron chi connectivity index (χ4n) is 2.73. The molecule has 9 heteroatoms. The molecule has 28 heavy (non-hydrogen) atoms. The van der Waals surface area contributed by atoms with Gasteiger partial charge in [-0.2, -0.15) is 0 Å². The molecule has 0 aromatic carbocycles. The van der Waals surface area contributed by atoms with Gasteiger partial charge in [0.15, 0.2) is 0 Å². The van der Waals surface area contributed by atoms with Crippen LogP contribution in [0, 0.1) is 0 Å². The molecule has 0 rings (SSSR count). The minimum Gasteiger partial charge on any atom is -0.550 e. The number of carboxylic acid groups (broad SMARTS) is 2. The molecule has 0 heterocycles. The molecule has 154 valence electrons. The summed E-state index contributed by atoms with van der Waals surface area (Å²) in [4.78, 5) is 32.9. The minimum absolute atomic E-state index is 0. The maximum absolute atomic E-state index is 11.7. The average Bonchev–Trinajstić information content (AvgIpc) is 2.56. The first-order valence-electron chi connectivity index (χ1n) is 9.67. The molecule has 0 spiro atoms. The van der Waals surface area contributed by atoms with Crippen LogP contribution < -0.4 is 74.6 Å². The summed E-state index contributed by atoms with van der Waals surface area (Å²) in [5.41, 5.74) is 0. The number of amides is 1. The van der Waals surface area contributed by atoms with Crippen molar-refractivity contribution >= 4 is 17.8 Å². The number of hydrogen-bond acceptors (Lipinski definition) is 5. The molecule has 0 bridgehead atoms. The van der Waals surface area contributed by atoms with Crippen molar-refractivity contribution in [2.24, 2.45) is 0 Å². The van der Waals surface area contributed by atoms with Gasteiger partial charge in [0.25, 0.3) is 0 Å². The van der Waals surface area contributed by atoms with Crippen LogP contribution in [0.15, 0.2) is 0 Å². The molecular weight excluding hydrogens is 384 g/mol. The molecule has 3 N–H and O–H groups in total. The summed E-state index contributed by atoms with van der Waals surface area (Å²) in [6.07, 6.45) is 12.6. The standard InChI is InChI=1S/C19H35NO5.2Na.H2O/c1-2-3-4-5-6-7-8-9-10-11-12-13-17(21)20-16(19(24)25)14-15-18(22)23;;;/h16H,2-15H2,1H3,(H,20,21)(H,22,23)(H,24,25);;;1H2/q;2*+1;/p-2/t16-;;;/m0.../s1. The molecule has 0 aliphatic carbocycles. The van der Waals surface area contributed by atoms with Gasteiger partial charge in [0.1, 0.15) is 0 Å². The van der Waals surface area contributed by atoms with Crippen LogP contribution in [0.4, 0.5) is 0 Å². The zero-order chi connectivity index (χ0) is 18.9. The van der Waals surface area contributed by atoms with Gasteiger partial charge in [0, 0.05) is 12.4 Å². The summed E-state index contributed by atoms with van der Waals surface area (Å²) in [7, 11) is 0. The molecule has 1 amide bonds. The molecule has 0 fully saturated rings. The van der Waals surface area contributed by atoms with Crippen molar-refractivity contribution in [3.63, 3.8) is 0 Å². The molecule has 7 nitrogen and oxygen atoms in total. The Hall–Kier alpha value is 0.370. The smallest absolute Gasteiger partial charge is 0.550 e. The van der Waals surface area contributed by atoms with Crippen molar-refractivity contribution in [1.82, 2.24) is 5.32 Å². The maximum Gasteiger partial charge on any atom is 1.00 e. The summed E-state index contributed by atoms with van der Waals surface area (Å²) in [5.74, 6) is -3.18. The monoisotopic (exact) mass is 419 g/mol. The van der Waals surface area contributed by atoms with Crippen LogP contribution in [0.1, 0.15) is 96.8 Å². The Morgan fingerprint density at radius 2 is 1.18 bits per heavy atom. The van der Waals surface area contributed by atoms with Crippen LogP contribution in [-0.2, 0) is 14.4 Å². The van der Waals surface area contributed by atoms with Crippen LogP contribution in [0.25, 0.3) is 0 Å². The Kier molecular flexibility index (Phi) is 32.5. The maximum atomic E-state index is 11.7. The van der Waals surface area contributed by atoms with E-state index in [1.54, 1.807) is 0 Å². The Morgan fingerprint density at radius 3 is 1.57 bits per heavy atom. The van der Waals surface area contributed by atoms with Gasteiger partial charge in [-0.1, -0.05) is 71.1 Å². The van der Waals surface area contributed by atoms with Crippen LogP contribution in [-0.4, -0.2) is 29.4 Å². The van der Waals surface area contributed by atoms with E-state index in [0.717, 1.165) is 12.8 Å². The van der Waals surface area contributed by atoms with Crippen molar-refractivity contribution in [3.8, 4) is 0 Å². The Balaban J connectivity index is -0.000000960. The topological polar surface area (TPSA) is 141 Å². The molecule has 0 aliphatic rings. The van der Waals surface area contributed by atoms with Crippen molar-refractivity contribution in [3.05, 3.63) is 0 Å². The van der Waals surface area contributed by atoms with Crippen molar-refractivity contribution in [1.29, 1.82) is 0 Å². The third-order valence-electron chi connectivity index (χ3n) is 4.26. The molecule has 0 saturated heterocycles. The third-order valence-corrected chi connectivity index (χ3v) is 4.26. The van der Waals surface area contributed by atoms with Crippen molar-refractivity contribution in [2.75, 3.05) is 0 Å². The second kappa shape index (κ2) is 25.4. The first kappa shape index (κ1) is 35.8. The predicted molar refractivity (Wildman–Crippen MR) is 95.9 cm³/mol. The number of nitrogens with one attached hydrogen (secondary N) is 1. The Bertz CT molecular complexity index is 397. The summed E-state index contributed by atoms with van der Waals surface area (Å²) in [6, 6.07) is -1.27. The summed E-state index contributed by atoms with van der Waals surface area (Å²) in [6.45, 7) is 2.21. The quantitative estimate of drug-likeness (QED) is 0.185. The van der Waals surface area contributed by atoms with E-state index < -0.39 is 24.4 Å². The van der Waals surface area contributed by atoms with Gasteiger partial charge in [-0.25, -0.2) is 0 Å². The fraction of sp³-hybridized carbons (Fsp3) is 0.842. The van der Waals surface area contributed by atoms with E-state index in [1.807, 2.05) is 0 Å². The van der Waals surface area contributed by atoms with Crippen molar-refractivity contribution in [2.45, 2.75) is 103 Å². The number of carboxylic acids is 2. The summed E-state index contributed by atoms with van der Waals surface area (Å²) < 4.78 is 0. The third kappa shape index (κ3) is 24.4. The largest absolute Gasteiger partial charge is 1.00 e. The van der Waals surface area contributed by atoms with Gasteiger partial charge < -0.3 is 30.6 Å². The van der Waals surface area contributed by atoms with E-state index in [-0.39, 0.29) is 83.3 Å². The van der Waals surface area contributed by atoms with Crippen molar-refractivity contribution < 1.29 is 89.2 Å². The average molecular weight is 419 g/mol. The fourth-order valence-corrected chi connectivity index (χ4v) is 2.73. The molecule has 1 atom stereocenters. The molecule has 0 radical (unpaired) electrons. The number of unbranched alkanes of at least 4 members (excludes halogenated alkanes) is 10. The zero-order valence-corrected chi connectivity index (χ0v) is 22.0. The first-order chi connectivity index (χ1) is 12.0. The van der Waals surface area contributed by atoms with E-state index in [9.17, 15) is 24.6 Å².